The van der Waals surface area contributed by atoms with Crippen molar-refractivity contribution in [3.63, 3.8) is 0 Å². The van der Waals surface area contributed by atoms with Crippen LogP contribution in [-0.4, -0.2) is 10.3 Å². The first-order chi connectivity index (χ1) is 32.0. The lowest BCUT2D eigenvalue weighted by Crippen LogP contribution is -2.43. The van der Waals surface area contributed by atoms with Gasteiger partial charge in [0.15, 0.2) is 0 Å². The monoisotopic (exact) mass is 931 g/mol. The third kappa shape index (κ3) is 37.0. The van der Waals surface area contributed by atoms with Gasteiger partial charge in [0.1, 0.15) is 0 Å². The minimum Gasteiger partial charge on any atom is -0.109 e. The van der Waals surface area contributed by atoms with Crippen LogP contribution in [0, 0.1) is 11.8 Å². The Hall–Kier alpha value is 0.430. The van der Waals surface area contributed by atoms with E-state index in [0.717, 1.165) is 11.8 Å². The van der Waals surface area contributed by atoms with Crippen molar-refractivity contribution in [2.75, 3.05) is 0 Å². The van der Waals surface area contributed by atoms with E-state index in [9.17, 15) is 0 Å². The van der Waals surface area contributed by atoms with E-state index < -0.39 is 0 Å². The van der Waals surface area contributed by atoms with E-state index >= 15 is 0 Å². The predicted molar refractivity (Wildman–Crippen MR) is 306 cm³/mol. The van der Waals surface area contributed by atoms with Crippen LogP contribution >= 0.6 is 8.58 Å². The molecule has 2 atom stereocenters. The van der Waals surface area contributed by atoms with Gasteiger partial charge >= 0.3 is 0 Å². The molecule has 0 radical (unpaired) electrons. The number of hydrogen-bond donors (Lipinski definition) is 0. The molecule has 0 rings (SSSR count). The maximum atomic E-state index is 2.45. The Bertz CT molecular complexity index is 783. The minimum atomic E-state index is 0.571. The molecule has 0 bridgehead atoms. The molecule has 0 amide bonds. The molecule has 392 valence electrons. The van der Waals surface area contributed by atoms with Gasteiger partial charge in [-0.25, -0.2) is 0 Å². The molecule has 0 fully saturated rings. The highest BCUT2D eigenvalue weighted by Crippen LogP contribution is 2.62. The molecule has 0 N–H and O–H groups in total. The Morgan fingerprint density at radius 1 is 0.200 bits per heavy atom. The fraction of sp³-hybridized carbons (Fsp3) is 1.00. The highest BCUT2D eigenvalue weighted by Gasteiger charge is 2.47. The molecule has 0 aromatic rings. The average molecular weight is 932 g/mol. The minimum absolute atomic E-state index is 0.571. The summed E-state index contributed by atoms with van der Waals surface area (Å²) in [6.45, 7) is 19.4. The van der Waals surface area contributed by atoms with Gasteiger partial charge in [0.2, 0.25) is 0 Å². The molecular formula is C64H131P. The second-order valence-electron chi connectivity index (χ2n) is 22.7. The summed E-state index contributed by atoms with van der Waals surface area (Å²) in [5, 5.41) is 1.14. The highest BCUT2D eigenvalue weighted by molar-refractivity contribution is 7.42. The molecule has 0 aromatic carbocycles. The second kappa shape index (κ2) is 50.8. The van der Waals surface area contributed by atoms with E-state index in [0.29, 0.717) is 10.3 Å². The van der Waals surface area contributed by atoms with E-state index in [1.54, 1.807) is 51.4 Å². The van der Waals surface area contributed by atoms with Gasteiger partial charge < -0.3 is 0 Å². The Balaban J connectivity index is 7.25. The Kier molecular flexibility index (Phi) is 51.1. The zero-order chi connectivity index (χ0) is 47.6. The molecule has 0 nitrogen and oxygen atoms in total. The van der Waals surface area contributed by atoms with Crippen molar-refractivity contribution in [1.29, 1.82) is 0 Å². The molecule has 0 aliphatic carbocycles. The molecule has 2 unspecified atom stereocenters. The van der Waals surface area contributed by atoms with E-state index in [1.807, 2.05) is 0 Å². The molecule has 0 aliphatic heterocycles. The average Bonchev–Trinajstić information content (AvgIpc) is 3.31. The zero-order valence-electron chi connectivity index (χ0n) is 47.4. The van der Waals surface area contributed by atoms with Crippen molar-refractivity contribution in [2.24, 2.45) is 11.8 Å². The van der Waals surface area contributed by atoms with Crippen molar-refractivity contribution < 1.29 is 0 Å². The summed E-state index contributed by atoms with van der Waals surface area (Å²) in [5.41, 5.74) is 0. The van der Waals surface area contributed by atoms with Crippen LogP contribution in [-0.2, 0) is 0 Å². The summed E-state index contributed by atoms with van der Waals surface area (Å²) in [6.07, 6.45) is 76.9. The maximum absolute atomic E-state index is 2.45. The lowest BCUT2D eigenvalue weighted by molar-refractivity contribution is 0.236. The summed E-state index contributed by atoms with van der Waals surface area (Å²) >= 11 is 0. The Labute approximate surface area is 418 Å². The first kappa shape index (κ1) is 65.4. The highest BCUT2D eigenvalue weighted by atomic mass is 31.1. The summed E-state index contributed by atoms with van der Waals surface area (Å²) in [6, 6.07) is 0. The van der Waals surface area contributed by atoms with Crippen molar-refractivity contribution in [1.82, 2.24) is 0 Å². The first-order valence-electron chi connectivity index (χ1n) is 31.8. The smallest absolute Gasteiger partial charge is 0.00886 e. The van der Waals surface area contributed by atoms with Gasteiger partial charge in [-0.05, 0) is 73.5 Å². The SMILES string of the molecule is CCCCCCCCCCCCC(CCCCCC)C(CCCCCC)(CCCCCC)PC(CCCCCC)(CCCCCC)C(CCCCCC)CCCCCCCCCCCC. The van der Waals surface area contributed by atoms with Gasteiger partial charge in [0.25, 0.3) is 0 Å². The van der Waals surface area contributed by atoms with Gasteiger partial charge in [0.05, 0.1) is 0 Å². The maximum Gasteiger partial charge on any atom is -0.00886 e. The predicted octanol–water partition coefficient (Wildman–Crippen LogP) is 24.8. The molecule has 0 saturated carbocycles. The third-order valence-electron chi connectivity index (χ3n) is 16.6. The fourth-order valence-corrected chi connectivity index (χ4v) is 15.5. The van der Waals surface area contributed by atoms with Crippen LogP contribution in [0.2, 0.25) is 0 Å². The zero-order valence-corrected chi connectivity index (χ0v) is 48.4. The number of rotatable bonds is 56. The van der Waals surface area contributed by atoms with Gasteiger partial charge in [-0.2, -0.15) is 0 Å². The van der Waals surface area contributed by atoms with E-state index in [1.165, 1.54) is 291 Å². The third-order valence-corrected chi connectivity index (χ3v) is 19.4. The summed E-state index contributed by atoms with van der Waals surface area (Å²) in [7, 11) is 1.21. The van der Waals surface area contributed by atoms with E-state index in [4.69, 9.17) is 0 Å². The molecule has 0 aliphatic rings. The normalized spacial score (nSPS) is 13.5. The lowest BCUT2D eigenvalue weighted by Gasteiger charge is -2.52. The fourth-order valence-electron chi connectivity index (χ4n) is 12.3. The lowest BCUT2D eigenvalue weighted by atomic mass is 9.75. The van der Waals surface area contributed by atoms with Crippen molar-refractivity contribution >= 4 is 8.58 Å². The molecule has 0 spiro atoms. The van der Waals surface area contributed by atoms with Gasteiger partial charge in [0, 0.05) is 0 Å². The first-order valence-corrected chi connectivity index (χ1v) is 32.8. The number of unbranched alkanes of at least 4 members (excludes halogenated alkanes) is 36. The molecule has 1 heteroatoms. The summed E-state index contributed by atoms with van der Waals surface area (Å²) in [4.78, 5) is 0. The molecule has 0 saturated heterocycles. The van der Waals surface area contributed by atoms with Crippen molar-refractivity contribution in [2.45, 2.75) is 400 Å². The number of hydrogen-bond acceptors (Lipinski definition) is 0. The van der Waals surface area contributed by atoms with Gasteiger partial charge in [-0.3, -0.25) is 0 Å². The molecular weight excluding hydrogens is 800 g/mol. The standard InChI is InChI=1S/C64H131P/c1-9-17-25-33-35-37-39-41-43-47-55-61(53-45-27-19-11-3)63(57-49-29-21-13-5,58-50-30-22-14-6)65-64(59-51-31-23-15-7,60-52-32-24-16-8)62(54-46-28-20-12-4)56-48-44-42-40-38-36-34-26-18-10-2/h61-62,65H,9-60H2,1-8H3. The van der Waals surface area contributed by atoms with Crippen LogP contribution < -0.4 is 0 Å². The largest absolute Gasteiger partial charge is 0.109 e. The van der Waals surface area contributed by atoms with Gasteiger partial charge in [-0.15, -0.1) is 8.58 Å². The van der Waals surface area contributed by atoms with Crippen LogP contribution in [0.5, 0.6) is 0 Å². The van der Waals surface area contributed by atoms with Crippen LogP contribution in [0.4, 0.5) is 0 Å². The molecule has 0 heterocycles. The van der Waals surface area contributed by atoms with Crippen LogP contribution in [0.1, 0.15) is 389 Å². The topological polar surface area (TPSA) is 0 Å². The quantitative estimate of drug-likeness (QED) is 0.0421. The van der Waals surface area contributed by atoms with Crippen molar-refractivity contribution in [3.8, 4) is 0 Å². The van der Waals surface area contributed by atoms with E-state index in [-0.39, 0.29) is 0 Å². The summed E-state index contributed by atoms with van der Waals surface area (Å²) < 4.78 is 0. The van der Waals surface area contributed by atoms with Crippen LogP contribution in [0.25, 0.3) is 0 Å². The van der Waals surface area contributed by atoms with Crippen molar-refractivity contribution in [3.05, 3.63) is 0 Å². The van der Waals surface area contributed by atoms with E-state index in [2.05, 4.69) is 55.4 Å². The second-order valence-corrected chi connectivity index (χ2v) is 25.0. The Morgan fingerprint density at radius 2 is 0.354 bits per heavy atom. The molecule has 0 aromatic heterocycles. The van der Waals surface area contributed by atoms with Crippen LogP contribution in [0.3, 0.4) is 0 Å². The van der Waals surface area contributed by atoms with Crippen LogP contribution in [0.15, 0.2) is 0 Å². The Morgan fingerprint density at radius 3 is 0.554 bits per heavy atom. The van der Waals surface area contributed by atoms with Gasteiger partial charge in [-0.1, -0.05) is 338 Å². The summed E-state index contributed by atoms with van der Waals surface area (Å²) in [5.74, 6) is 1.91. The molecule has 65 heavy (non-hydrogen) atoms.